The molecule has 21 heavy (non-hydrogen) atoms. The van der Waals surface area contributed by atoms with E-state index in [0.717, 1.165) is 6.42 Å². The molecular weight excluding hydrogens is 264 g/mol. The minimum absolute atomic E-state index is 0.117. The van der Waals surface area contributed by atoms with Crippen LogP contribution in [0.2, 0.25) is 0 Å². The summed E-state index contributed by atoms with van der Waals surface area (Å²) in [6.45, 7) is 1.95. The molecule has 1 atom stereocenters. The molecule has 3 rings (SSSR count). The van der Waals surface area contributed by atoms with Gasteiger partial charge in [-0.15, -0.1) is 0 Å². The van der Waals surface area contributed by atoms with E-state index in [1.807, 2.05) is 6.92 Å². The second-order valence-corrected chi connectivity index (χ2v) is 5.09. The lowest BCUT2D eigenvalue weighted by Gasteiger charge is -2.22. The van der Waals surface area contributed by atoms with E-state index < -0.39 is 0 Å². The molecule has 0 spiro atoms. The monoisotopic (exact) mass is 280 g/mol. The Labute approximate surface area is 123 Å². The zero-order valence-electron chi connectivity index (χ0n) is 11.7. The lowest BCUT2D eigenvalue weighted by Crippen LogP contribution is -2.30. The number of carbonyl (C=O) groups is 2. The highest BCUT2D eigenvalue weighted by atomic mass is 16.1. The summed E-state index contributed by atoms with van der Waals surface area (Å²) < 4.78 is 0. The molecule has 0 bridgehead atoms. The SMILES string of the molecule is CCC(N)Nc1cccc2c1C(=O)c1ccccc1C2=O. The first-order valence-corrected chi connectivity index (χ1v) is 6.97. The quantitative estimate of drug-likeness (QED) is 0.723. The van der Waals surface area contributed by atoms with E-state index in [9.17, 15) is 9.59 Å². The van der Waals surface area contributed by atoms with Crippen molar-refractivity contribution in [3.05, 3.63) is 64.7 Å². The number of nitrogens with two attached hydrogens (primary N) is 1. The molecule has 0 heterocycles. The minimum Gasteiger partial charge on any atom is -0.369 e. The smallest absolute Gasteiger partial charge is 0.196 e. The predicted molar refractivity (Wildman–Crippen MR) is 81.6 cm³/mol. The van der Waals surface area contributed by atoms with Gasteiger partial charge in [-0.2, -0.15) is 0 Å². The zero-order chi connectivity index (χ0) is 15.0. The molecule has 106 valence electrons. The molecule has 4 heteroatoms. The summed E-state index contributed by atoms with van der Waals surface area (Å²) in [5.74, 6) is -0.250. The standard InChI is InChI=1S/C17H16N2O2/c1-2-14(18)19-13-9-5-8-12-15(13)17(21)11-7-4-3-6-10(11)16(12)20/h3-9,14,19H,2,18H2,1H3. The number of anilines is 1. The highest BCUT2D eigenvalue weighted by Crippen LogP contribution is 2.32. The van der Waals surface area contributed by atoms with E-state index >= 15 is 0 Å². The van der Waals surface area contributed by atoms with Gasteiger partial charge in [0.25, 0.3) is 0 Å². The number of fused-ring (bicyclic) bond motifs is 2. The van der Waals surface area contributed by atoms with E-state index in [1.165, 1.54) is 0 Å². The van der Waals surface area contributed by atoms with Crippen LogP contribution in [0, 0.1) is 0 Å². The summed E-state index contributed by atoms with van der Waals surface area (Å²) in [4.78, 5) is 25.3. The Kier molecular flexibility index (Phi) is 3.31. The summed E-state index contributed by atoms with van der Waals surface area (Å²) in [7, 11) is 0. The van der Waals surface area contributed by atoms with Gasteiger partial charge < -0.3 is 11.1 Å². The van der Waals surface area contributed by atoms with Crippen molar-refractivity contribution in [3.8, 4) is 0 Å². The van der Waals surface area contributed by atoms with E-state index in [2.05, 4.69) is 5.32 Å². The van der Waals surface area contributed by atoms with Gasteiger partial charge in [0.15, 0.2) is 11.6 Å². The van der Waals surface area contributed by atoms with Gasteiger partial charge in [-0.05, 0) is 12.5 Å². The van der Waals surface area contributed by atoms with Gasteiger partial charge in [0.2, 0.25) is 0 Å². The van der Waals surface area contributed by atoms with Crippen molar-refractivity contribution in [3.63, 3.8) is 0 Å². The van der Waals surface area contributed by atoms with Crippen LogP contribution in [0.3, 0.4) is 0 Å². The van der Waals surface area contributed by atoms with Crippen LogP contribution in [0.5, 0.6) is 0 Å². The molecule has 0 aliphatic heterocycles. The summed E-state index contributed by atoms with van der Waals surface area (Å²) in [6.07, 6.45) is 0.471. The van der Waals surface area contributed by atoms with Gasteiger partial charge in [-0.25, -0.2) is 0 Å². The molecule has 2 aromatic rings. The molecule has 0 fully saturated rings. The topological polar surface area (TPSA) is 72.2 Å². The molecule has 4 nitrogen and oxygen atoms in total. The fraction of sp³-hybridized carbons (Fsp3) is 0.176. The Balaban J connectivity index is 2.16. The highest BCUT2D eigenvalue weighted by molar-refractivity contribution is 6.30. The first kappa shape index (κ1) is 13.5. The fourth-order valence-electron chi connectivity index (χ4n) is 2.57. The maximum absolute atomic E-state index is 12.7. The third-order valence-corrected chi connectivity index (χ3v) is 3.73. The van der Waals surface area contributed by atoms with E-state index in [-0.39, 0.29) is 17.7 Å². The van der Waals surface area contributed by atoms with Gasteiger partial charge in [0.05, 0.1) is 11.7 Å². The van der Waals surface area contributed by atoms with E-state index in [4.69, 9.17) is 5.73 Å². The summed E-state index contributed by atoms with van der Waals surface area (Å²) in [5, 5.41) is 3.11. The number of hydrogen-bond acceptors (Lipinski definition) is 4. The third-order valence-electron chi connectivity index (χ3n) is 3.73. The van der Waals surface area contributed by atoms with Crippen LogP contribution in [0.1, 0.15) is 45.2 Å². The number of hydrogen-bond donors (Lipinski definition) is 2. The van der Waals surface area contributed by atoms with Crippen LogP contribution in [-0.4, -0.2) is 17.7 Å². The lowest BCUT2D eigenvalue weighted by atomic mass is 9.83. The van der Waals surface area contributed by atoms with Crippen molar-refractivity contribution in [2.24, 2.45) is 5.73 Å². The fourth-order valence-corrected chi connectivity index (χ4v) is 2.57. The highest BCUT2D eigenvalue weighted by Gasteiger charge is 2.31. The second kappa shape index (κ2) is 5.14. The first-order chi connectivity index (χ1) is 10.1. The number of ketones is 2. The average molecular weight is 280 g/mol. The molecular formula is C17H16N2O2. The van der Waals surface area contributed by atoms with Crippen LogP contribution in [0.15, 0.2) is 42.5 Å². The second-order valence-electron chi connectivity index (χ2n) is 5.09. The van der Waals surface area contributed by atoms with Crippen molar-refractivity contribution in [2.45, 2.75) is 19.5 Å². The Morgan fingerprint density at radius 1 is 0.952 bits per heavy atom. The molecule has 2 aromatic carbocycles. The molecule has 0 aromatic heterocycles. The Morgan fingerprint density at radius 3 is 2.24 bits per heavy atom. The Morgan fingerprint density at radius 2 is 1.57 bits per heavy atom. The predicted octanol–water partition coefficient (Wildman–Crippen LogP) is 2.57. The van der Waals surface area contributed by atoms with Crippen molar-refractivity contribution < 1.29 is 9.59 Å². The van der Waals surface area contributed by atoms with Crippen molar-refractivity contribution >= 4 is 17.3 Å². The van der Waals surface area contributed by atoms with Gasteiger partial charge in [-0.3, -0.25) is 9.59 Å². The van der Waals surface area contributed by atoms with Crippen molar-refractivity contribution in [2.75, 3.05) is 5.32 Å². The van der Waals surface area contributed by atoms with Crippen LogP contribution in [0.4, 0.5) is 5.69 Å². The van der Waals surface area contributed by atoms with E-state index in [0.29, 0.717) is 27.9 Å². The van der Waals surface area contributed by atoms with Gasteiger partial charge in [-0.1, -0.05) is 43.3 Å². The van der Waals surface area contributed by atoms with Crippen LogP contribution in [-0.2, 0) is 0 Å². The number of rotatable bonds is 3. The summed E-state index contributed by atoms with van der Waals surface area (Å²) in [6, 6.07) is 12.2. The molecule has 1 aliphatic carbocycles. The first-order valence-electron chi connectivity index (χ1n) is 6.97. The van der Waals surface area contributed by atoms with Gasteiger partial charge in [0, 0.05) is 22.4 Å². The molecule has 0 saturated heterocycles. The van der Waals surface area contributed by atoms with Crippen molar-refractivity contribution in [1.82, 2.24) is 0 Å². The zero-order valence-corrected chi connectivity index (χ0v) is 11.7. The average Bonchev–Trinajstić information content (AvgIpc) is 2.52. The molecule has 1 unspecified atom stereocenters. The Bertz CT molecular complexity index is 737. The van der Waals surface area contributed by atoms with Crippen LogP contribution in [0.25, 0.3) is 0 Å². The number of benzene rings is 2. The molecule has 0 amide bonds. The number of carbonyl (C=O) groups excluding carboxylic acids is 2. The largest absolute Gasteiger partial charge is 0.369 e. The lowest BCUT2D eigenvalue weighted by molar-refractivity contribution is 0.0979. The van der Waals surface area contributed by atoms with Crippen LogP contribution < -0.4 is 11.1 Å². The van der Waals surface area contributed by atoms with Crippen molar-refractivity contribution in [1.29, 1.82) is 0 Å². The molecule has 3 N–H and O–H groups in total. The third kappa shape index (κ3) is 2.14. The van der Waals surface area contributed by atoms with Gasteiger partial charge >= 0.3 is 0 Å². The maximum Gasteiger partial charge on any atom is 0.196 e. The number of nitrogens with one attached hydrogen (secondary N) is 1. The Hall–Kier alpha value is -2.46. The maximum atomic E-state index is 12.7. The summed E-state index contributed by atoms with van der Waals surface area (Å²) >= 11 is 0. The van der Waals surface area contributed by atoms with E-state index in [1.54, 1.807) is 42.5 Å². The molecule has 1 aliphatic rings. The normalized spacial score (nSPS) is 14.4. The van der Waals surface area contributed by atoms with Crippen LogP contribution >= 0.6 is 0 Å². The van der Waals surface area contributed by atoms with Gasteiger partial charge in [0.1, 0.15) is 0 Å². The molecule has 0 saturated carbocycles. The minimum atomic E-state index is -0.253. The summed E-state index contributed by atoms with van der Waals surface area (Å²) in [5.41, 5.74) is 8.30. The molecule has 0 radical (unpaired) electrons.